The summed E-state index contributed by atoms with van der Waals surface area (Å²) in [5.74, 6) is -0.744. The fourth-order valence-corrected chi connectivity index (χ4v) is 1.98. The maximum atomic E-state index is 13.0. The molecule has 1 N–H and O–H groups in total. The number of hydrogen-bond acceptors (Lipinski definition) is 2. The van der Waals surface area contributed by atoms with E-state index in [4.69, 9.17) is 0 Å². The number of carbonyl (C=O) groups excluding carboxylic acids is 1. The molecule has 0 fully saturated rings. The molecule has 3 aromatic rings. The predicted molar refractivity (Wildman–Crippen MR) is 72.8 cm³/mol. The van der Waals surface area contributed by atoms with Gasteiger partial charge >= 0.3 is 0 Å². The number of rotatable bonds is 3. The number of pyridine rings is 1. The molecule has 0 bridgehead atoms. The molecule has 0 saturated carbocycles. The number of amides is 1. The van der Waals surface area contributed by atoms with Crippen molar-refractivity contribution in [2.24, 2.45) is 0 Å². The fourth-order valence-electron chi connectivity index (χ4n) is 1.98. The van der Waals surface area contributed by atoms with Crippen molar-refractivity contribution in [1.29, 1.82) is 0 Å². The Labute approximate surface area is 114 Å². The van der Waals surface area contributed by atoms with Gasteiger partial charge in [0.1, 0.15) is 5.82 Å². The minimum atomic E-state index is -0.426. The second-order valence-electron chi connectivity index (χ2n) is 4.40. The molecule has 0 unspecified atom stereocenters. The van der Waals surface area contributed by atoms with E-state index in [0.717, 1.165) is 11.2 Å². The van der Waals surface area contributed by atoms with Gasteiger partial charge in [0.05, 0.1) is 17.8 Å². The zero-order valence-corrected chi connectivity index (χ0v) is 10.6. The van der Waals surface area contributed by atoms with Crippen LogP contribution in [-0.2, 0) is 6.54 Å². The van der Waals surface area contributed by atoms with E-state index < -0.39 is 5.82 Å². The SMILES string of the molecule is O=C(NCc1cc2ccccn2n1)c1cccc(F)c1. The van der Waals surface area contributed by atoms with E-state index in [-0.39, 0.29) is 5.91 Å². The molecule has 5 heteroatoms. The predicted octanol–water partition coefficient (Wildman–Crippen LogP) is 2.40. The summed E-state index contributed by atoms with van der Waals surface area (Å²) in [6.07, 6.45) is 1.84. The number of aromatic nitrogens is 2. The van der Waals surface area contributed by atoms with E-state index in [0.29, 0.717) is 12.1 Å². The Bertz CT molecular complexity index is 733. The van der Waals surface area contributed by atoms with Crippen LogP contribution >= 0.6 is 0 Å². The first kappa shape index (κ1) is 12.3. The Kier molecular flexibility index (Phi) is 3.16. The van der Waals surface area contributed by atoms with Crippen molar-refractivity contribution in [3.05, 3.63) is 71.8 Å². The van der Waals surface area contributed by atoms with Gasteiger partial charge in [-0.3, -0.25) is 4.79 Å². The lowest BCUT2D eigenvalue weighted by Gasteiger charge is -2.02. The molecule has 1 amide bonds. The zero-order valence-electron chi connectivity index (χ0n) is 10.6. The number of benzene rings is 1. The van der Waals surface area contributed by atoms with Crippen LogP contribution in [0.25, 0.3) is 5.52 Å². The number of nitrogens with zero attached hydrogens (tertiary/aromatic N) is 2. The molecule has 0 saturated heterocycles. The van der Waals surface area contributed by atoms with Crippen LogP contribution in [0.4, 0.5) is 4.39 Å². The lowest BCUT2D eigenvalue weighted by atomic mass is 10.2. The molecule has 3 rings (SSSR count). The van der Waals surface area contributed by atoms with Crippen LogP contribution in [0.3, 0.4) is 0 Å². The third-order valence-corrected chi connectivity index (χ3v) is 2.94. The van der Waals surface area contributed by atoms with Crippen molar-refractivity contribution in [1.82, 2.24) is 14.9 Å². The summed E-state index contributed by atoms with van der Waals surface area (Å²) in [6, 6.07) is 13.2. The van der Waals surface area contributed by atoms with E-state index in [9.17, 15) is 9.18 Å². The van der Waals surface area contributed by atoms with Crippen molar-refractivity contribution in [2.45, 2.75) is 6.54 Å². The second kappa shape index (κ2) is 5.13. The van der Waals surface area contributed by atoms with Crippen molar-refractivity contribution in [2.75, 3.05) is 0 Å². The average molecular weight is 269 g/mol. The normalized spacial score (nSPS) is 10.7. The Hall–Kier alpha value is -2.69. The molecule has 0 aliphatic rings. The molecule has 0 atom stereocenters. The Morgan fingerprint density at radius 3 is 2.90 bits per heavy atom. The number of fused-ring (bicyclic) bond motifs is 1. The summed E-state index contributed by atoms with van der Waals surface area (Å²) in [4.78, 5) is 11.9. The van der Waals surface area contributed by atoms with Gasteiger partial charge in [-0.2, -0.15) is 5.10 Å². The third kappa shape index (κ3) is 2.51. The maximum absolute atomic E-state index is 13.0. The molecule has 100 valence electrons. The molecule has 20 heavy (non-hydrogen) atoms. The fraction of sp³-hybridized carbons (Fsp3) is 0.0667. The maximum Gasteiger partial charge on any atom is 0.251 e. The van der Waals surface area contributed by atoms with Crippen molar-refractivity contribution >= 4 is 11.4 Å². The van der Waals surface area contributed by atoms with Gasteiger partial charge < -0.3 is 5.32 Å². The first-order valence-electron chi connectivity index (χ1n) is 6.19. The molecule has 0 radical (unpaired) electrons. The minimum absolute atomic E-state index is 0.300. The smallest absolute Gasteiger partial charge is 0.251 e. The summed E-state index contributed by atoms with van der Waals surface area (Å²) in [7, 11) is 0. The minimum Gasteiger partial charge on any atom is -0.346 e. The lowest BCUT2D eigenvalue weighted by molar-refractivity contribution is 0.0950. The van der Waals surface area contributed by atoms with Gasteiger partial charge in [-0.1, -0.05) is 12.1 Å². The van der Waals surface area contributed by atoms with Gasteiger partial charge in [0.15, 0.2) is 0 Å². The number of nitrogens with one attached hydrogen (secondary N) is 1. The highest BCUT2D eigenvalue weighted by Gasteiger charge is 2.07. The molecular weight excluding hydrogens is 257 g/mol. The van der Waals surface area contributed by atoms with Crippen LogP contribution in [0.1, 0.15) is 16.1 Å². The summed E-state index contributed by atoms with van der Waals surface area (Å²) < 4.78 is 14.8. The lowest BCUT2D eigenvalue weighted by Crippen LogP contribution is -2.23. The Balaban J connectivity index is 1.71. The van der Waals surface area contributed by atoms with Gasteiger partial charge in [0.25, 0.3) is 5.91 Å². The molecule has 4 nitrogen and oxygen atoms in total. The molecular formula is C15H12FN3O. The molecule has 2 aromatic heterocycles. The highest BCUT2D eigenvalue weighted by molar-refractivity contribution is 5.94. The van der Waals surface area contributed by atoms with Crippen molar-refractivity contribution in [3.8, 4) is 0 Å². The Morgan fingerprint density at radius 1 is 1.20 bits per heavy atom. The number of halogens is 1. The van der Waals surface area contributed by atoms with E-state index in [2.05, 4.69) is 10.4 Å². The summed E-state index contributed by atoms with van der Waals surface area (Å²) in [5, 5.41) is 7.05. The standard InChI is InChI=1S/C15H12FN3O/c16-12-5-3-4-11(8-12)15(20)17-10-13-9-14-6-1-2-7-19(14)18-13/h1-9H,10H2,(H,17,20). The van der Waals surface area contributed by atoms with E-state index in [1.165, 1.54) is 18.2 Å². The van der Waals surface area contributed by atoms with E-state index >= 15 is 0 Å². The highest BCUT2D eigenvalue weighted by Crippen LogP contribution is 2.07. The summed E-state index contributed by atoms with van der Waals surface area (Å²) in [5.41, 5.74) is 2.01. The van der Waals surface area contributed by atoms with E-state index in [1.54, 1.807) is 10.6 Å². The molecule has 2 heterocycles. The monoisotopic (exact) mass is 269 g/mol. The van der Waals surface area contributed by atoms with Crippen LogP contribution < -0.4 is 5.32 Å². The van der Waals surface area contributed by atoms with Crippen molar-refractivity contribution in [3.63, 3.8) is 0 Å². The van der Waals surface area contributed by atoms with Gasteiger partial charge in [0, 0.05) is 11.8 Å². The average Bonchev–Trinajstić information content (AvgIpc) is 2.87. The Morgan fingerprint density at radius 2 is 2.10 bits per heavy atom. The van der Waals surface area contributed by atoms with Crippen LogP contribution in [-0.4, -0.2) is 15.5 Å². The van der Waals surface area contributed by atoms with Crippen LogP contribution in [0.15, 0.2) is 54.7 Å². The third-order valence-electron chi connectivity index (χ3n) is 2.94. The molecule has 0 aliphatic heterocycles. The number of hydrogen-bond donors (Lipinski definition) is 1. The zero-order chi connectivity index (χ0) is 13.9. The van der Waals surface area contributed by atoms with Gasteiger partial charge in [0.2, 0.25) is 0 Å². The summed E-state index contributed by atoms with van der Waals surface area (Å²) in [6.45, 7) is 0.303. The molecule has 1 aromatic carbocycles. The summed E-state index contributed by atoms with van der Waals surface area (Å²) >= 11 is 0. The van der Waals surface area contributed by atoms with Crippen LogP contribution in [0, 0.1) is 5.82 Å². The first-order chi connectivity index (χ1) is 9.72. The van der Waals surface area contributed by atoms with Crippen LogP contribution in [0.2, 0.25) is 0 Å². The van der Waals surface area contributed by atoms with Crippen molar-refractivity contribution < 1.29 is 9.18 Å². The first-order valence-corrected chi connectivity index (χ1v) is 6.19. The largest absolute Gasteiger partial charge is 0.346 e. The topological polar surface area (TPSA) is 46.4 Å². The quantitative estimate of drug-likeness (QED) is 0.793. The van der Waals surface area contributed by atoms with Crippen LogP contribution in [0.5, 0.6) is 0 Å². The van der Waals surface area contributed by atoms with Gasteiger partial charge in [-0.25, -0.2) is 8.91 Å². The van der Waals surface area contributed by atoms with E-state index in [1.807, 2.05) is 30.5 Å². The van der Waals surface area contributed by atoms with Gasteiger partial charge in [-0.05, 0) is 36.4 Å². The highest BCUT2D eigenvalue weighted by atomic mass is 19.1. The number of carbonyl (C=O) groups is 1. The second-order valence-corrected chi connectivity index (χ2v) is 4.40. The molecule has 0 aliphatic carbocycles. The molecule has 0 spiro atoms. The van der Waals surface area contributed by atoms with Gasteiger partial charge in [-0.15, -0.1) is 0 Å².